The first kappa shape index (κ1) is 22.0. The molecule has 1 fully saturated rings. The van der Waals surface area contributed by atoms with Crippen LogP contribution in [0, 0.1) is 0 Å². The Morgan fingerprint density at radius 3 is 2.50 bits per heavy atom. The van der Waals surface area contributed by atoms with Gasteiger partial charge in [0.05, 0.1) is 30.1 Å². The highest BCUT2D eigenvalue weighted by Crippen LogP contribution is 2.41. The standard InChI is InChI=1S/C19H15F6N3O4/c1-31-9-4-5-11-10(7-9)15(29)27-6-2-3-12(27)14-13(26-8-28(11)14)16(30)32-17(18(20,21)22)19(23,24)25/h4-5,7-8,12,17H,2-3,6H2,1H3. The fourth-order valence-corrected chi connectivity index (χ4v) is 3.98. The van der Waals surface area contributed by atoms with Crippen LogP contribution in [0.3, 0.4) is 0 Å². The highest BCUT2D eigenvalue weighted by molar-refractivity contribution is 6.00. The lowest BCUT2D eigenvalue weighted by Gasteiger charge is -2.24. The van der Waals surface area contributed by atoms with Gasteiger partial charge in [-0.1, -0.05) is 0 Å². The highest BCUT2D eigenvalue weighted by Gasteiger charge is 2.60. The van der Waals surface area contributed by atoms with Gasteiger partial charge in [0.25, 0.3) is 12.0 Å². The van der Waals surface area contributed by atoms with Gasteiger partial charge < -0.3 is 14.4 Å². The molecule has 0 saturated carbocycles. The van der Waals surface area contributed by atoms with Crippen molar-refractivity contribution in [3.63, 3.8) is 0 Å². The number of imidazole rings is 1. The van der Waals surface area contributed by atoms with E-state index in [2.05, 4.69) is 9.72 Å². The van der Waals surface area contributed by atoms with E-state index in [-0.39, 0.29) is 23.5 Å². The Bertz CT molecular complexity index is 1060. The minimum atomic E-state index is -5.86. The van der Waals surface area contributed by atoms with Crippen molar-refractivity contribution in [3.05, 3.63) is 41.5 Å². The number of fused-ring (bicyclic) bond motifs is 5. The van der Waals surface area contributed by atoms with E-state index in [1.165, 1.54) is 34.8 Å². The fraction of sp³-hybridized carbons (Fsp3) is 0.421. The number of carbonyl (C=O) groups is 2. The lowest BCUT2D eigenvalue weighted by atomic mass is 10.1. The Morgan fingerprint density at radius 1 is 1.19 bits per heavy atom. The SMILES string of the molecule is COc1ccc2c(c1)C(=O)N1CCCC1c1c(C(=O)OC(C(F)(F)F)C(F)(F)F)ncn1-2. The summed E-state index contributed by atoms with van der Waals surface area (Å²) in [6, 6.07) is 3.70. The lowest BCUT2D eigenvalue weighted by Crippen LogP contribution is -2.45. The van der Waals surface area contributed by atoms with Gasteiger partial charge in [0.15, 0.2) is 5.69 Å². The smallest absolute Gasteiger partial charge is 0.434 e. The van der Waals surface area contributed by atoms with Crippen molar-refractivity contribution >= 4 is 11.9 Å². The molecule has 2 aromatic rings. The molecule has 1 aromatic carbocycles. The van der Waals surface area contributed by atoms with Crippen LogP contribution >= 0.6 is 0 Å². The topological polar surface area (TPSA) is 73.7 Å². The molecule has 7 nitrogen and oxygen atoms in total. The molecule has 0 aliphatic carbocycles. The molecule has 2 aliphatic heterocycles. The van der Waals surface area contributed by atoms with Gasteiger partial charge >= 0.3 is 18.3 Å². The van der Waals surface area contributed by atoms with Crippen molar-refractivity contribution in [1.29, 1.82) is 0 Å². The van der Waals surface area contributed by atoms with E-state index < -0.39 is 42.1 Å². The zero-order chi connectivity index (χ0) is 23.4. The maximum Gasteiger partial charge on any atom is 0.434 e. The number of benzene rings is 1. The predicted octanol–water partition coefficient (Wildman–Crippen LogP) is 3.82. The number of hydrogen-bond acceptors (Lipinski definition) is 5. The Labute approximate surface area is 176 Å². The van der Waals surface area contributed by atoms with Crippen molar-refractivity contribution in [2.45, 2.75) is 37.3 Å². The van der Waals surface area contributed by atoms with E-state index >= 15 is 0 Å². The number of nitrogens with zero attached hydrogens (tertiary/aromatic N) is 3. The van der Waals surface area contributed by atoms with Crippen LogP contribution in [0.4, 0.5) is 26.3 Å². The lowest BCUT2D eigenvalue weighted by molar-refractivity contribution is -0.307. The highest BCUT2D eigenvalue weighted by atomic mass is 19.4. The first-order valence-electron chi connectivity index (χ1n) is 9.34. The van der Waals surface area contributed by atoms with Gasteiger partial charge in [0.1, 0.15) is 12.1 Å². The number of rotatable bonds is 3. The molecular formula is C19H15F6N3O4. The van der Waals surface area contributed by atoms with Crippen LogP contribution in [-0.4, -0.2) is 58.4 Å². The Morgan fingerprint density at radius 2 is 1.88 bits per heavy atom. The number of methoxy groups -OCH3 is 1. The number of amides is 1. The monoisotopic (exact) mass is 463 g/mol. The molecule has 1 aromatic heterocycles. The molecule has 0 radical (unpaired) electrons. The van der Waals surface area contributed by atoms with Gasteiger partial charge in [0.2, 0.25) is 0 Å². The summed E-state index contributed by atoms with van der Waals surface area (Å²) in [7, 11) is 1.40. The molecule has 0 bridgehead atoms. The zero-order valence-corrected chi connectivity index (χ0v) is 16.3. The minimum absolute atomic E-state index is 0.00661. The molecule has 2 aliphatic rings. The quantitative estimate of drug-likeness (QED) is 0.511. The Hall–Kier alpha value is -3.25. The Balaban J connectivity index is 1.82. The van der Waals surface area contributed by atoms with E-state index in [4.69, 9.17) is 4.74 Å². The molecule has 172 valence electrons. The first-order chi connectivity index (χ1) is 14.9. The van der Waals surface area contributed by atoms with Gasteiger partial charge in [-0.05, 0) is 31.0 Å². The maximum absolute atomic E-state index is 13.1. The number of ether oxygens (including phenoxy) is 2. The summed E-state index contributed by atoms with van der Waals surface area (Å²) < 4.78 is 87.5. The van der Waals surface area contributed by atoms with Crippen LogP contribution in [0.2, 0.25) is 0 Å². The minimum Gasteiger partial charge on any atom is -0.497 e. The summed E-state index contributed by atoms with van der Waals surface area (Å²) in [5, 5.41) is 0. The normalized spacial score (nSPS) is 18.2. The van der Waals surface area contributed by atoms with Gasteiger partial charge in [-0.25, -0.2) is 9.78 Å². The third-order valence-corrected chi connectivity index (χ3v) is 5.34. The van der Waals surface area contributed by atoms with Crippen molar-refractivity contribution in [1.82, 2.24) is 14.5 Å². The number of carbonyl (C=O) groups excluding carboxylic acids is 2. The number of alkyl halides is 6. The zero-order valence-electron chi connectivity index (χ0n) is 16.3. The second-order valence-corrected chi connectivity index (χ2v) is 7.26. The van der Waals surface area contributed by atoms with Crippen LogP contribution in [0.5, 0.6) is 5.75 Å². The summed E-state index contributed by atoms with van der Waals surface area (Å²) in [6.07, 6.45) is -14.1. The summed E-state index contributed by atoms with van der Waals surface area (Å²) >= 11 is 0. The molecule has 0 N–H and O–H groups in total. The number of halogens is 6. The number of aromatic nitrogens is 2. The molecule has 0 spiro atoms. The largest absolute Gasteiger partial charge is 0.497 e. The average Bonchev–Trinajstić information content (AvgIpc) is 3.34. The van der Waals surface area contributed by atoms with Crippen LogP contribution < -0.4 is 4.74 Å². The van der Waals surface area contributed by atoms with E-state index in [1.54, 1.807) is 0 Å². The fourth-order valence-electron chi connectivity index (χ4n) is 3.98. The van der Waals surface area contributed by atoms with Crippen LogP contribution in [0.1, 0.15) is 45.4 Å². The van der Waals surface area contributed by atoms with Crippen LogP contribution in [-0.2, 0) is 4.74 Å². The summed E-state index contributed by atoms with van der Waals surface area (Å²) in [5.41, 5.74) is -0.268. The molecule has 1 saturated heterocycles. The van der Waals surface area contributed by atoms with Crippen molar-refractivity contribution in [2.75, 3.05) is 13.7 Å². The number of esters is 1. The third-order valence-electron chi connectivity index (χ3n) is 5.34. The van der Waals surface area contributed by atoms with Crippen LogP contribution in [0.15, 0.2) is 24.5 Å². The molecular weight excluding hydrogens is 448 g/mol. The molecule has 32 heavy (non-hydrogen) atoms. The van der Waals surface area contributed by atoms with E-state index in [1.807, 2.05) is 0 Å². The Kier molecular flexibility index (Phi) is 5.09. The van der Waals surface area contributed by atoms with E-state index in [0.29, 0.717) is 18.6 Å². The summed E-state index contributed by atoms with van der Waals surface area (Å²) in [5.74, 6) is -1.92. The van der Waals surface area contributed by atoms with Crippen LogP contribution in [0.25, 0.3) is 5.69 Å². The predicted molar refractivity (Wildman–Crippen MR) is 94.4 cm³/mol. The molecule has 1 atom stereocenters. The molecule has 1 amide bonds. The second kappa shape index (κ2) is 7.41. The van der Waals surface area contributed by atoms with E-state index in [9.17, 15) is 35.9 Å². The average molecular weight is 463 g/mol. The first-order valence-corrected chi connectivity index (χ1v) is 9.34. The third kappa shape index (κ3) is 3.54. The van der Waals surface area contributed by atoms with Crippen molar-refractivity contribution in [3.8, 4) is 11.4 Å². The second-order valence-electron chi connectivity index (χ2n) is 7.26. The summed E-state index contributed by atoms with van der Waals surface area (Å²) in [4.78, 5) is 30.7. The molecule has 4 rings (SSSR count). The van der Waals surface area contributed by atoms with Crippen molar-refractivity contribution < 1.29 is 45.4 Å². The number of hydrogen-bond donors (Lipinski definition) is 0. The molecule has 13 heteroatoms. The maximum atomic E-state index is 13.1. The van der Waals surface area contributed by atoms with Gasteiger partial charge in [0, 0.05) is 6.54 Å². The molecule has 3 heterocycles. The molecule has 1 unspecified atom stereocenters. The van der Waals surface area contributed by atoms with Crippen molar-refractivity contribution in [2.24, 2.45) is 0 Å². The van der Waals surface area contributed by atoms with Gasteiger partial charge in [-0.2, -0.15) is 26.3 Å². The van der Waals surface area contributed by atoms with Gasteiger partial charge in [-0.3, -0.25) is 9.36 Å². The van der Waals surface area contributed by atoms with Gasteiger partial charge in [-0.15, -0.1) is 0 Å². The summed E-state index contributed by atoms with van der Waals surface area (Å²) in [6.45, 7) is 0.285. The van der Waals surface area contributed by atoms with E-state index in [0.717, 1.165) is 6.33 Å².